The molecule has 0 radical (unpaired) electrons. The predicted molar refractivity (Wildman–Crippen MR) is 313 cm³/mol. The monoisotopic (exact) mass is 970 g/mol. The van der Waals surface area contributed by atoms with Crippen molar-refractivity contribution >= 4 is 122 Å². The van der Waals surface area contributed by atoms with Gasteiger partial charge in [-0.25, -0.2) is 0 Å². The van der Waals surface area contributed by atoms with Crippen LogP contribution in [0.1, 0.15) is 0 Å². The minimum atomic E-state index is -2.94. The summed E-state index contributed by atoms with van der Waals surface area (Å²) in [5.74, 6) is 1.66. The zero-order valence-electron chi connectivity index (χ0n) is 39.3. The van der Waals surface area contributed by atoms with Crippen molar-refractivity contribution in [2.24, 2.45) is 0 Å². The molecule has 5 heterocycles. The zero-order chi connectivity index (χ0) is 47.9. The van der Waals surface area contributed by atoms with Gasteiger partial charge >= 0.3 is 416 Å². The second-order valence-electron chi connectivity index (χ2n) is 19.4. The van der Waals surface area contributed by atoms with Crippen molar-refractivity contribution in [2.45, 2.75) is 0 Å². The number of fused-ring (bicyclic) bond motifs is 14. The molecule has 73 heavy (non-hydrogen) atoms. The molecule has 0 fully saturated rings. The van der Waals surface area contributed by atoms with E-state index >= 15 is 0 Å². The van der Waals surface area contributed by atoms with Crippen LogP contribution in [-0.2, 0) is 0 Å². The van der Waals surface area contributed by atoms with Gasteiger partial charge in [-0.05, 0) is 0 Å². The van der Waals surface area contributed by atoms with Gasteiger partial charge in [-0.15, -0.1) is 0 Å². The van der Waals surface area contributed by atoms with Crippen molar-refractivity contribution in [1.29, 1.82) is 0 Å². The maximum absolute atomic E-state index is 7.35. The van der Waals surface area contributed by atoms with Crippen molar-refractivity contribution in [3.63, 3.8) is 0 Å². The van der Waals surface area contributed by atoms with Gasteiger partial charge in [0, 0.05) is 0 Å². The molecule has 1 aliphatic heterocycles. The fraction of sp³-hybridized carbons (Fsp3) is 0. The number of ether oxygens (including phenoxy) is 1. The Labute approximate surface area is 425 Å². The zero-order valence-corrected chi connectivity index (χ0v) is 41.2. The normalized spacial score (nSPS) is 13.7. The molecule has 0 atom stereocenters. The molecule has 344 valence electrons. The molecule has 0 saturated heterocycles. The molecular weight excluding hydrogens is 928 g/mol. The molecular formula is C66H43N4OPS. The molecule has 0 amide bonds. The number of hydrogen-bond donors (Lipinski definition) is 1. The van der Waals surface area contributed by atoms with Gasteiger partial charge in [0.15, 0.2) is 0 Å². The summed E-state index contributed by atoms with van der Waals surface area (Å²) in [7, 11) is 0. The predicted octanol–water partition coefficient (Wildman–Crippen LogP) is 16.1. The number of para-hydroxylation sites is 6. The second kappa shape index (κ2) is 15.4. The average molecular weight is 971 g/mol. The molecule has 15 aromatic rings. The third-order valence-corrected chi connectivity index (χ3v) is 21.4. The number of nitrogens with zero attached hydrogens (tertiary/aromatic N) is 4. The van der Waals surface area contributed by atoms with E-state index in [1.807, 2.05) is 0 Å². The number of thiol groups is 1. The summed E-state index contributed by atoms with van der Waals surface area (Å²) in [5, 5.41) is 13.3. The molecule has 5 nitrogen and oxygen atoms in total. The SMILES string of the molecule is S[PH]1(c2ccccc2)c2ccc(-n3c4ccccc4c4cc5c6ccccc6n(-c6ccccc6)c5cc43)cc2Oc2cc(-n3c4ccccc4c4cc5c6ccccc6n(-c6ccccc6)c5cc43)ccc21. The van der Waals surface area contributed by atoms with Crippen molar-refractivity contribution in [2.75, 3.05) is 0 Å². The van der Waals surface area contributed by atoms with Crippen LogP contribution in [-0.4, -0.2) is 18.3 Å². The molecule has 0 bridgehead atoms. The van der Waals surface area contributed by atoms with Crippen LogP contribution in [0.15, 0.2) is 249 Å². The van der Waals surface area contributed by atoms with Crippen LogP contribution in [0.25, 0.3) is 110 Å². The summed E-state index contributed by atoms with van der Waals surface area (Å²) in [4.78, 5) is 0. The third-order valence-electron chi connectivity index (χ3n) is 15.6. The maximum atomic E-state index is 7.35. The molecule has 11 aromatic carbocycles. The molecule has 7 heteroatoms. The van der Waals surface area contributed by atoms with Gasteiger partial charge in [-0.2, -0.15) is 0 Å². The van der Waals surface area contributed by atoms with Gasteiger partial charge in [-0.3, -0.25) is 0 Å². The van der Waals surface area contributed by atoms with Crippen LogP contribution < -0.4 is 20.7 Å². The fourth-order valence-corrected chi connectivity index (χ4v) is 17.2. The van der Waals surface area contributed by atoms with E-state index in [4.69, 9.17) is 17.0 Å². The van der Waals surface area contributed by atoms with E-state index in [1.54, 1.807) is 0 Å². The molecule has 0 spiro atoms. The van der Waals surface area contributed by atoms with Crippen LogP contribution in [0.3, 0.4) is 0 Å². The Morgan fingerprint density at radius 2 is 0.575 bits per heavy atom. The van der Waals surface area contributed by atoms with Crippen molar-refractivity contribution < 1.29 is 4.74 Å². The molecule has 0 saturated carbocycles. The average Bonchev–Trinajstić information content (AvgIpc) is 4.16. The van der Waals surface area contributed by atoms with Crippen molar-refractivity contribution in [1.82, 2.24) is 18.3 Å². The van der Waals surface area contributed by atoms with Crippen LogP contribution in [0, 0.1) is 0 Å². The third kappa shape index (κ3) is 5.73. The van der Waals surface area contributed by atoms with Gasteiger partial charge in [0.05, 0.1) is 0 Å². The van der Waals surface area contributed by atoms with Gasteiger partial charge in [-0.1, -0.05) is 12.1 Å². The quantitative estimate of drug-likeness (QED) is 0.135. The van der Waals surface area contributed by atoms with E-state index < -0.39 is 6.46 Å². The summed E-state index contributed by atoms with van der Waals surface area (Å²) in [6, 6.07) is 90.6. The minimum absolute atomic E-state index is 0.828. The molecule has 0 unspecified atom stereocenters. The van der Waals surface area contributed by atoms with E-state index in [1.165, 1.54) is 59.4 Å². The second-order valence-corrected chi connectivity index (χ2v) is 24.5. The van der Waals surface area contributed by atoms with E-state index in [-0.39, 0.29) is 0 Å². The van der Waals surface area contributed by atoms with Crippen molar-refractivity contribution in [3.05, 3.63) is 249 Å². The molecule has 0 aliphatic carbocycles. The van der Waals surface area contributed by atoms with Crippen LogP contribution >= 0.6 is 18.7 Å². The number of hydrogen-bond acceptors (Lipinski definition) is 2. The first-order valence-corrected chi connectivity index (χ1v) is 28.2. The molecule has 4 aromatic heterocycles. The first kappa shape index (κ1) is 40.9. The molecule has 0 N–H and O–H groups in total. The van der Waals surface area contributed by atoms with Gasteiger partial charge in [0.25, 0.3) is 0 Å². The number of aromatic nitrogens is 4. The first-order valence-electron chi connectivity index (χ1n) is 24.9. The van der Waals surface area contributed by atoms with E-state index in [9.17, 15) is 0 Å². The standard InChI is InChI=1S/C66H43N4OPS/c73-72(46-22-8-3-9-23-46)65-34-32-44(69-57-30-16-12-26-49(57)53-38-51-47-24-10-14-28-55(47)67(59(51)40-61(53)69)42-18-4-1-5-19-42)36-63(65)71-64-37-45(33-35-66(64)72)70-58-31-17-13-27-50(58)54-39-52-48-25-11-15-29-56(48)68(60(52)41-62(54)70)43-20-6-2-7-21-43/h1-41,72-73H. The molecule has 16 rings (SSSR count). The topological polar surface area (TPSA) is 28.9 Å². The van der Waals surface area contributed by atoms with Crippen molar-refractivity contribution in [3.8, 4) is 34.2 Å². The van der Waals surface area contributed by atoms with Gasteiger partial charge in [0.1, 0.15) is 0 Å². The Morgan fingerprint density at radius 3 is 0.945 bits per heavy atom. The van der Waals surface area contributed by atoms with Gasteiger partial charge < -0.3 is 0 Å². The summed E-state index contributed by atoms with van der Waals surface area (Å²) in [6.45, 7) is -2.94. The van der Waals surface area contributed by atoms with E-state index in [2.05, 4.69) is 267 Å². The fourth-order valence-electron chi connectivity index (χ4n) is 12.4. The van der Waals surface area contributed by atoms with Crippen LogP contribution in [0.5, 0.6) is 11.5 Å². The Hall–Kier alpha value is -8.80. The van der Waals surface area contributed by atoms with Crippen LogP contribution in [0.4, 0.5) is 0 Å². The summed E-state index contributed by atoms with van der Waals surface area (Å²) in [6.07, 6.45) is 0. The Balaban J connectivity index is 0.917. The first-order chi connectivity index (χ1) is 36.1. The number of benzene rings is 11. The Morgan fingerprint density at radius 1 is 0.260 bits per heavy atom. The van der Waals surface area contributed by atoms with Gasteiger partial charge in [0.2, 0.25) is 0 Å². The number of rotatable bonds is 5. The Kier molecular flexibility index (Phi) is 8.60. The summed E-state index contributed by atoms with van der Waals surface area (Å²) >= 11 is 5.91. The van der Waals surface area contributed by atoms with E-state index in [0.29, 0.717) is 0 Å². The van der Waals surface area contributed by atoms with E-state index in [0.717, 1.165) is 78.0 Å². The summed E-state index contributed by atoms with van der Waals surface area (Å²) in [5.41, 5.74) is 13.6. The molecule has 1 aliphatic rings. The Bertz CT molecular complexity index is 4500. The summed E-state index contributed by atoms with van der Waals surface area (Å²) < 4.78 is 17.0. The van der Waals surface area contributed by atoms with Crippen LogP contribution in [0.2, 0.25) is 0 Å².